The summed E-state index contributed by atoms with van der Waals surface area (Å²) in [7, 11) is 2.04. The van der Waals surface area contributed by atoms with Crippen LogP contribution in [-0.2, 0) is 0 Å². The molecule has 0 saturated heterocycles. The number of nitrogens with zero attached hydrogens (tertiary/aromatic N) is 3. The molecular weight excluding hydrogens is 216 g/mol. The van der Waals surface area contributed by atoms with Crippen molar-refractivity contribution in [2.24, 2.45) is 10.9 Å². The Bertz CT molecular complexity index is 413. The maximum Gasteiger partial charge on any atom is 0.172 e. The van der Waals surface area contributed by atoms with Crippen LogP contribution in [-0.4, -0.2) is 29.1 Å². The summed E-state index contributed by atoms with van der Waals surface area (Å²) in [5.41, 5.74) is 7.34. The summed E-state index contributed by atoms with van der Waals surface area (Å²) in [5.74, 6) is 0.132. The summed E-state index contributed by atoms with van der Waals surface area (Å²) in [5, 5.41) is 11.9. The van der Waals surface area contributed by atoms with Gasteiger partial charge in [-0.15, -0.1) is 0 Å². The fraction of sp³-hybridized carbons (Fsp3) is 0.500. The van der Waals surface area contributed by atoms with Crippen molar-refractivity contribution < 1.29 is 5.21 Å². The van der Waals surface area contributed by atoms with Gasteiger partial charge in [-0.05, 0) is 18.9 Å². The van der Waals surface area contributed by atoms with Crippen LogP contribution < -0.4 is 10.6 Å². The average Bonchev–Trinajstić information content (AvgIpc) is 2.91. The van der Waals surface area contributed by atoms with Crippen molar-refractivity contribution in [3.63, 3.8) is 0 Å². The van der Waals surface area contributed by atoms with E-state index >= 15 is 0 Å². The Kier molecular flexibility index (Phi) is 3.46. The summed E-state index contributed by atoms with van der Waals surface area (Å²) >= 11 is 0. The van der Waals surface area contributed by atoms with Gasteiger partial charge in [0.2, 0.25) is 0 Å². The molecular formula is C12H18N4O. The zero-order valence-electron chi connectivity index (χ0n) is 10.0. The summed E-state index contributed by atoms with van der Waals surface area (Å²) < 4.78 is 0. The predicted octanol–water partition coefficient (Wildman–Crippen LogP) is 1.55. The molecule has 1 fully saturated rings. The Morgan fingerprint density at radius 1 is 1.53 bits per heavy atom. The van der Waals surface area contributed by atoms with E-state index in [0.29, 0.717) is 6.04 Å². The first-order chi connectivity index (χ1) is 8.24. The maximum absolute atomic E-state index is 8.78. The minimum atomic E-state index is 0.132. The van der Waals surface area contributed by atoms with Crippen LogP contribution in [0.15, 0.2) is 23.6 Å². The lowest BCUT2D eigenvalue weighted by Crippen LogP contribution is -2.31. The van der Waals surface area contributed by atoms with Gasteiger partial charge in [-0.25, -0.2) is 0 Å². The lowest BCUT2D eigenvalue weighted by Gasteiger charge is -2.27. The fourth-order valence-electron chi connectivity index (χ4n) is 2.43. The molecule has 0 radical (unpaired) electrons. The Morgan fingerprint density at radius 2 is 2.24 bits per heavy atom. The smallest absolute Gasteiger partial charge is 0.172 e. The molecule has 0 spiro atoms. The second kappa shape index (κ2) is 5.03. The quantitative estimate of drug-likeness (QED) is 0.360. The van der Waals surface area contributed by atoms with E-state index in [2.05, 4.69) is 15.0 Å². The Balaban J connectivity index is 2.30. The third-order valence-electron chi connectivity index (χ3n) is 3.44. The molecule has 1 heterocycles. The van der Waals surface area contributed by atoms with Crippen molar-refractivity contribution in [2.75, 3.05) is 11.9 Å². The van der Waals surface area contributed by atoms with E-state index in [1.807, 2.05) is 7.05 Å². The van der Waals surface area contributed by atoms with Gasteiger partial charge in [-0.2, -0.15) is 0 Å². The summed E-state index contributed by atoms with van der Waals surface area (Å²) in [6, 6.07) is 2.31. The van der Waals surface area contributed by atoms with Crippen molar-refractivity contribution in [2.45, 2.75) is 31.7 Å². The number of aromatic nitrogens is 1. The van der Waals surface area contributed by atoms with E-state index in [-0.39, 0.29) is 5.84 Å². The molecule has 92 valence electrons. The highest BCUT2D eigenvalue weighted by molar-refractivity contribution is 6.02. The number of hydrogen-bond donors (Lipinski definition) is 2. The van der Waals surface area contributed by atoms with Gasteiger partial charge < -0.3 is 15.8 Å². The van der Waals surface area contributed by atoms with E-state index in [9.17, 15) is 0 Å². The summed E-state index contributed by atoms with van der Waals surface area (Å²) in [6.45, 7) is 0. The molecule has 1 aromatic rings. The molecule has 1 aromatic heterocycles. The molecule has 5 heteroatoms. The van der Waals surface area contributed by atoms with Crippen molar-refractivity contribution in [3.05, 3.63) is 24.0 Å². The number of pyridine rings is 1. The van der Waals surface area contributed by atoms with Gasteiger partial charge >= 0.3 is 0 Å². The van der Waals surface area contributed by atoms with E-state index < -0.39 is 0 Å². The highest BCUT2D eigenvalue weighted by Gasteiger charge is 2.22. The minimum Gasteiger partial charge on any atom is -0.409 e. The first-order valence-electron chi connectivity index (χ1n) is 5.88. The Hall–Kier alpha value is -1.78. The highest BCUT2D eigenvalue weighted by atomic mass is 16.4. The van der Waals surface area contributed by atoms with Gasteiger partial charge in [0.25, 0.3) is 0 Å². The van der Waals surface area contributed by atoms with E-state index in [4.69, 9.17) is 10.9 Å². The van der Waals surface area contributed by atoms with Crippen LogP contribution >= 0.6 is 0 Å². The zero-order valence-corrected chi connectivity index (χ0v) is 10.0. The van der Waals surface area contributed by atoms with Gasteiger partial charge in [0.15, 0.2) is 5.84 Å². The number of oxime groups is 1. The molecule has 0 aliphatic heterocycles. The van der Waals surface area contributed by atoms with Crippen LogP contribution in [0.1, 0.15) is 31.2 Å². The largest absolute Gasteiger partial charge is 0.409 e. The second-order valence-corrected chi connectivity index (χ2v) is 4.43. The lowest BCUT2D eigenvalue weighted by molar-refractivity contribution is 0.318. The van der Waals surface area contributed by atoms with Crippen molar-refractivity contribution in [1.82, 2.24) is 4.98 Å². The molecule has 0 aromatic carbocycles. The normalized spacial score (nSPS) is 17.4. The van der Waals surface area contributed by atoms with E-state index in [1.54, 1.807) is 18.5 Å². The van der Waals surface area contributed by atoms with Crippen LogP contribution in [0.3, 0.4) is 0 Å². The van der Waals surface area contributed by atoms with Crippen molar-refractivity contribution in [1.29, 1.82) is 0 Å². The van der Waals surface area contributed by atoms with Crippen molar-refractivity contribution in [3.8, 4) is 0 Å². The molecule has 0 unspecified atom stereocenters. The number of amidine groups is 1. The van der Waals surface area contributed by atoms with Gasteiger partial charge in [-0.3, -0.25) is 4.98 Å². The fourth-order valence-corrected chi connectivity index (χ4v) is 2.43. The topological polar surface area (TPSA) is 74.7 Å². The molecule has 0 bridgehead atoms. The Morgan fingerprint density at radius 3 is 2.88 bits per heavy atom. The first-order valence-corrected chi connectivity index (χ1v) is 5.88. The SMILES string of the molecule is CN(c1cnccc1/C(N)=N/O)C1CCCC1. The molecule has 3 N–H and O–H groups in total. The lowest BCUT2D eigenvalue weighted by atomic mass is 10.1. The molecule has 1 aliphatic rings. The van der Waals surface area contributed by atoms with E-state index in [0.717, 1.165) is 11.3 Å². The molecule has 1 saturated carbocycles. The highest BCUT2D eigenvalue weighted by Crippen LogP contribution is 2.28. The van der Waals surface area contributed by atoms with Gasteiger partial charge in [-0.1, -0.05) is 18.0 Å². The van der Waals surface area contributed by atoms with Gasteiger partial charge in [0, 0.05) is 24.8 Å². The molecule has 0 atom stereocenters. The van der Waals surface area contributed by atoms with Crippen LogP contribution in [0.25, 0.3) is 0 Å². The predicted molar refractivity (Wildman–Crippen MR) is 67.4 cm³/mol. The third-order valence-corrected chi connectivity index (χ3v) is 3.44. The maximum atomic E-state index is 8.78. The number of anilines is 1. The molecule has 2 rings (SSSR count). The first kappa shape index (κ1) is 11.7. The number of rotatable bonds is 3. The second-order valence-electron chi connectivity index (χ2n) is 4.43. The van der Waals surface area contributed by atoms with E-state index in [1.165, 1.54) is 25.7 Å². The number of hydrogen-bond acceptors (Lipinski definition) is 4. The van der Waals surface area contributed by atoms with Gasteiger partial charge in [0.1, 0.15) is 0 Å². The molecule has 17 heavy (non-hydrogen) atoms. The molecule has 0 amide bonds. The summed E-state index contributed by atoms with van der Waals surface area (Å²) in [4.78, 5) is 6.31. The van der Waals surface area contributed by atoms with Crippen molar-refractivity contribution >= 4 is 11.5 Å². The number of nitrogens with two attached hydrogens (primary N) is 1. The van der Waals surface area contributed by atoms with Crippen LogP contribution in [0.5, 0.6) is 0 Å². The molecule has 1 aliphatic carbocycles. The van der Waals surface area contributed by atoms with Crippen LogP contribution in [0.4, 0.5) is 5.69 Å². The Labute approximate surface area is 101 Å². The summed E-state index contributed by atoms with van der Waals surface area (Å²) in [6.07, 6.45) is 8.36. The monoisotopic (exact) mass is 234 g/mol. The van der Waals surface area contributed by atoms with Crippen LogP contribution in [0.2, 0.25) is 0 Å². The zero-order chi connectivity index (χ0) is 12.3. The van der Waals surface area contributed by atoms with Gasteiger partial charge in [0.05, 0.1) is 11.9 Å². The standard InChI is InChI=1S/C12H18N4O/c1-16(9-4-2-3-5-9)11-8-14-7-6-10(11)12(13)15-17/h6-9,17H,2-5H2,1H3,(H2,13,15). The minimum absolute atomic E-state index is 0.132. The van der Waals surface area contributed by atoms with Crippen LogP contribution in [0, 0.1) is 0 Å². The molecule has 5 nitrogen and oxygen atoms in total. The third kappa shape index (κ3) is 2.33. The average molecular weight is 234 g/mol.